The van der Waals surface area contributed by atoms with Crippen LogP contribution in [0.2, 0.25) is 0 Å². The van der Waals surface area contributed by atoms with E-state index in [9.17, 15) is 4.79 Å². The molecule has 3 aromatic rings. The van der Waals surface area contributed by atoms with Crippen LogP contribution in [0.15, 0.2) is 91.0 Å². The third-order valence-electron chi connectivity index (χ3n) is 5.48. The van der Waals surface area contributed by atoms with Crippen molar-refractivity contribution in [2.24, 2.45) is 0 Å². The van der Waals surface area contributed by atoms with Gasteiger partial charge in [-0.2, -0.15) is 0 Å². The van der Waals surface area contributed by atoms with Gasteiger partial charge in [-0.1, -0.05) is 114 Å². The van der Waals surface area contributed by atoms with Crippen LogP contribution in [0.1, 0.15) is 16.7 Å². The van der Waals surface area contributed by atoms with Crippen LogP contribution in [-0.4, -0.2) is 34.8 Å². The van der Waals surface area contributed by atoms with Gasteiger partial charge in [-0.05, 0) is 16.7 Å². The number of hydrogen-bond acceptors (Lipinski definition) is 5. The minimum absolute atomic E-state index is 0.284. The average Bonchev–Trinajstić information content (AvgIpc) is 2.87. The Morgan fingerprint density at radius 2 is 1.06 bits per heavy atom. The van der Waals surface area contributed by atoms with Crippen LogP contribution >= 0.6 is 22.6 Å². The Morgan fingerprint density at radius 3 is 1.52 bits per heavy atom. The van der Waals surface area contributed by atoms with Crippen molar-refractivity contribution in [3.8, 4) is 0 Å². The van der Waals surface area contributed by atoms with E-state index in [0.717, 1.165) is 16.7 Å². The highest BCUT2D eigenvalue weighted by Crippen LogP contribution is 2.28. The van der Waals surface area contributed by atoms with Crippen LogP contribution in [0.3, 0.4) is 0 Å². The van der Waals surface area contributed by atoms with Crippen LogP contribution in [0, 0.1) is 0 Å². The van der Waals surface area contributed by atoms with Crippen LogP contribution in [0.25, 0.3) is 0 Å². The molecule has 0 saturated carbocycles. The molecule has 33 heavy (non-hydrogen) atoms. The highest BCUT2D eigenvalue weighted by molar-refractivity contribution is 14.1. The molecule has 0 radical (unpaired) electrons. The fourth-order valence-corrected chi connectivity index (χ4v) is 4.44. The Balaban J connectivity index is 1.54. The molecule has 4 rings (SSSR count). The minimum Gasteiger partial charge on any atom is -0.457 e. The number of hydrogen-bond donors (Lipinski definition) is 0. The van der Waals surface area contributed by atoms with Gasteiger partial charge >= 0.3 is 5.97 Å². The summed E-state index contributed by atoms with van der Waals surface area (Å²) in [5.74, 6) is -0.412. The number of alkyl halides is 1. The molecule has 0 amide bonds. The molecule has 6 heteroatoms. The van der Waals surface area contributed by atoms with Crippen LogP contribution in [0.4, 0.5) is 0 Å². The molecule has 0 aliphatic carbocycles. The second-order valence-electron chi connectivity index (χ2n) is 7.87. The second kappa shape index (κ2) is 12.3. The Kier molecular flexibility index (Phi) is 8.88. The number of cyclic esters (lactones) is 1. The van der Waals surface area contributed by atoms with Crippen molar-refractivity contribution in [3.05, 3.63) is 108 Å². The molecule has 1 heterocycles. The van der Waals surface area contributed by atoms with E-state index in [1.807, 2.05) is 91.0 Å². The van der Waals surface area contributed by atoms with Crippen LogP contribution in [0.5, 0.6) is 0 Å². The zero-order chi connectivity index (χ0) is 22.9. The zero-order valence-corrected chi connectivity index (χ0v) is 20.4. The van der Waals surface area contributed by atoms with Gasteiger partial charge in [0.15, 0.2) is 6.10 Å². The molecule has 3 aromatic carbocycles. The summed E-state index contributed by atoms with van der Waals surface area (Å²) in [6.07, 6.45) is -2.35. The smallest absolute Gasteiger partial charge is 0.338 e. The lowest BCUT2D eigenvalue weighted by Crippen LogP contribution is -2.58. The summed E-state index contributed by atoms with van der Waals surface area (Å²) < 4.78 is 25.1. The fraction of sp³-hybridized carbons (Fsp3) is 0.296. The Bertz CT molecular complexity index is 983. The maximum atomic E-state index is 12.9. The van der Waals surface area contributed by atoms with Crippen molar-refractivity contribution >= 4 is 28.6 Å². The molecule has 0 spiro atoms. The number of ether oxygens (including phenoxy) is 4. The normalized spacial score (nSPS) is 22.6. The summed E-state index contributed by atoms with van der Waals surface area (Å²) in [5, 5.41) is 0. The largest absolute Gasteiger partial charge is 0.457 e. The predicted octanol–water partition coefficient (Wildman–Crippen LogP) is 5.10. The molecule has 1 aliphatic rings. The highest BCUT2D eigenvalue weighted by Gasteiger charge is 2.48. The topological polar surface area (TPSA) is 54.0 Å². The van der Waals surface area contributed by atoms with Gasteiger partial charge in [-0.25, -0.2) is 4.79 Å². The molecule has 5 nitrogen and oxygen atoms in total. The van der Waals surface area contributed by atoms with Gasteiger partial charge in [-0.3, -0.25) is 0 Å². The predicted molar refractivity (Wildman–Crippen MR) is 134 cm³/mol. The van der Waals surface area contributed by atoms with Gasteiger partial charge in [-0.15, -0.1) is 0 Å². The molecule has 1 saturated heterocycles. The van der Waals surface area contributed by atoms with E-state index in [1.54, 1.807) is 0 Å². The van der Waals surface area contributed by atoms with E-state index in [-0.39, 0.29) is 6.61 Å². The summed E-state index contributed by atoms with van der Waals surface area (Å²) in [4.78, 5) is 12.9. The first-order valence-corrected chi connectivity index (χ1v) is 12.5. The maximum Gasteiger partial charge on any atom is 0.338 e. The van der Waals surface area contributed by atoms with E-state index in [1.165, 1.54) is 0 Å². The number of benzene rings is 3. The molecule has 0 N–H and O–H groups in total. The monoisotopic (exact) mass is 558 g/mol. The number of carbonyl (C=O) groups excluding carboxylic acids is 1. The Morgan fingerprint density at radius 1 is 0.636 bits per heavy atom. The molecule has 0 unspecified atom stereocenters. The lowest BCUT2D eigenvalue weighted by molar-refractivity contribution is -0.229. The Labute approximate surface area is 208 Å². The van der Waals surface area contributed by atoms with Crippen LogP contribution in [-0.2, 0) is 43.6 Å². The molecule has 172 valence electrons. The molecular weight excluding hydrogens is 531 g/mol. The summed E-state index contributed by atoms with van der Waals surface area (Å²) in [7, 11) is 0. The Hall–Kier alpha value is -2.26. The quantitative estimate of drug-likeness (QED) is 0.197. The van der Waals surface area contributed by atoms with Crippen molar-refractivity contribution in [1.29, 1.82) is 0 Å². The number of esters is 1. The third kappa shape index (κ3) is 6.63. The second-order valence-corrected chi connectivity index (χ2v) is 8.75. The lowest BCUT2D eigenvalue weighted by Gasteiger charge is -2.40. The fourth-order valence-electron chi connectivity index (χ4n) is 3.76. The first-order chi connectivity index (χ1) is 16.2. The summed E-state index contributed by atoms with van der Waals surface area (Å²) in [6, 6.07) is 29.6. The highest BCUT2D eigenvalue weighted by atomic mass is 127. The van der Waals surface area contributed by atoms with Crippen molar-refractivity contribution in [2.45, 2.75) is 44.2 Å². The zero-order valence-electron chi connectivity index (χ0n) is 18.2. The number of halogens is 1. The molecule has 0 aromatic heterocycles. The van der Waals surface area contributed by atoms with Crippen molar-refractivity contribution < 1.29 is 23.7 Å². The molecule has 4 atom stereocenters. The maximum absolute atomic E-state index is 12.9. The number of rotatable bonds is 10. The first-order valence-electron chi connectivity index (χ1n) is 11.0. The summed E-state index contributed by atoms with van der Waals surface area (Å²) >= 11 is 2.22. The SMILES string of the molecule is O=C1O[C@H](CI)[C@@H](OCc2ccccc2)[C@H](OCc2ccccc2)[C@H]1OCc1ccccc1. The lowest BCUT2D eigenvalue weighted by atomic mass is 9.99. The standard InChI is InChI=1S/C27H27IO5/c28-16-23-24(30-17-20-10-4-1-5-11-20)25(31-18-21-12-6-2-7-13-21)26(27(29)33-23)32-19-22-14-8-3-9-15-22/h1-15,23-26H,16-19H2/t23-,24-,25+,26-/m1/s1. The van der Waals surface area contributed by atoms with E-state index in [0.29, 0.717) is 17.6 Å². The van der Waals surface area contributed by atoms with Gasteiger partial charge in [0, 0.05) is 4.43 Å². The van der Waals surface area contributed by atoms with Gasteiger partial charge in [0.2, 0.25) is 0 Å². The number of carbonyl (C=O) groups is 1. The summed E-state index contributed by atoms with van der Waals surface area (Å²) in [6.45, 7) is 1.03. The van der Waals surface area contributed by atoms with Gasteiger partial charge < -0.3 is 18.9 Å². The molecule has 1 fully saturated rings. The van der Waals surface area contributed by atoms with Crippen LogP contribution < -0.4 is 0 Å². The van der Waals surface area contributed by atoms with E-state index >= 15 is 0 Å². The average molecular weight is 558 g/mol. The van der Waals surface area contributed by atoms with E-state index in [4.69, 9.17) is 18.9 Å². The minimum atomic E-state index is -0.881. The molecule has 1 aliphatic heterocycles. The van der Waals surface area contributed by atoms with Crippen molar-refractivity contribution in [3.63, 3.8) is 0 Å². The molecule has 0 bridgehead atoms. The third-order valence-corrected chi connectivity index (χ3v) is 6.35. The van der Waals surface area contributed by atoms with E-state index < -0.39 is 30.4 Å². The van der Waals surface area contributed by atoms with Gasteiger partial charge in [0.05, 0.1) is 19.8 Å². The van der Waals surface area contributed by atoms with Gasteiger partial charge in [0.1, 0.15) is 18.3 Å². The summed E-state index contributed by atoms with van der Waals surface area (Å²) in [5.41, 5.74) is 3.04. The van der Waals surface area contributed by atoms with Crippen molar-refractivity contribution in [1.82, 2.24) is 0 Å². The van der Waals surface area contributed by atoms with Gasteiger partial charge in [0.25, 0.3) is 0 Å². The van der Waals surface area contributed by atoms with Crippen molar-refractivity contribution in [2.75, 3.05) is 4.43 Å². The van der Waals surface area contributed by atoms with E-state index in [2.05, 4.69) is 22.6 Å². The first kappa shape index (κ1) is 23.9. The molecular formula is C27H27IO5.